The highest BCUT2D eigenvalue weighted by Crippen LogP contribution is 2.12. The van der Waals surface area contributed by atoms with Crippen molar-refractivity contribution in [3.05, 3.63) is 76.1 Å². The van der Waals surface area contributed by atoms with E-state index in [0.29, 0.717) is 16.6 Å². The molecule has 2 N–H and O–H groups in total. The van der Waals surface area contributed by atoms with E-state index in [1.165, 1.54) is 11.8 Å². The molecule has 0 aliphatic carbocycles. The lowest BCUT2D eigenvalue weighted by atomic mass is 10.1. The molecule has 128 valence electrons. The fourth-order valence-electron chi connectivity index (χ4n) is 2.64. The molecule has 1 aromatic heterocycles. The zero-order valence-corrected chi connectivity index (χ0v) is 14.4. The van der Waals surface area contributed by atoms with E-state index in [0.717, 1.165) is 13.0 Å². The lowest BCUT2D eigenvalue weighted by Crippen LogP contribution is -2.21. The minimum atomic E-state index is -0.409. The Morgan fingerprint density at radius 3 is 2.52 bits per heavy atom. The molecule has 25 heavy (non-hydrogen) atoms. The van der Waals surface area contributed by atoms with Crippen molar-refractivity contribution in [2.75, 3.05) is 26.0 Å². The van der Waals surface area contributed by atoms with E-state index < -0.39 is 5.91 Å². The van der Waals surface area contributed by atoms with Gasteiger partial charge in [0.25, 0.3) is 5.91 Å². The molecule has 0 bridgehead atoms. The molecule has 3 aromatic rings. The molecule has 0 saturated heterocycles. The second kappa shape index (κ2) is 7.32. The number of pyridine rings is 1. The Morgan fingerprint density at radius 2 is 1.80 bits per heavy atom. The maximum absolute atomic E-state index is 12.5. The van der Waals surface area contributed by atoms with E-state index >= 15 is 0 Å². The van der Waals surface area contributed by atoms with Crippen LogP contribution >= 0.6 is 0 Å². The first-order chi connectivity index (χ1) is 12.0. The molecule has 1 amide bonds. The number of amides is 1. The number of hydrogen-bond acceptors (Lipinski definition) is 3. The van der Waals surface area contributed by atoms with Crippen LogP contribution in [0.4, 0.5) is 5.69 Å². The van der Waals surface area contributed by atoms with Crippen molar-refractivity contribution in [3.8, 4) is 0 Å². The number of carbonyl (C=O) groups is 1. The first-order valence-electron chi connectivity index (χ1n) is 8.20. The Balaban J connectivity index is 1.76. The standard InChI is InChI=1S/C20H21N3O2/c1-23(2)12-11-14-7-9-15(10-8-14)22-20(25)17-13-21-18-6-4-3-5-16(18)19(17)24/h3-10,13H,11-12H2,1-2H3,(H,21,24)(H,22,25). The average molecular weight is 335 g/mol. The number of nitrogens with zero attached hydrogens (tertiary/aromatic N) is 1. The maximum Gasteiger partial charge on any atom is 0.261 e. The molecule has 5 nitrogen and oxygen atoms in total. The van der Waals surface area contributed by atoms with Crippen molar-refractivity contribution in [2.45, 2.75) is 6.42 Å². The normalized spacial score (nSPS) is 11.0. The maximum atomic E-state index is 12.5. The number of benzene rings is 2. The Morgan fingerprint density at radius 1 is 1.08 bits per heavy atom. The van der Waals surface area contributed by atoms with Crippen molar-refractivity contribution in [1.82, 2.24) is 9.88 Å². The Kier molecular flexibility index (Phi) is 4.95. The smallest absolute Gasteiger partial charge is 0.261 e. The minimum Gasteiger partial charge on any atom is -0.360 e. The number of likely N-dealkylation sites (N-methyl/N-ethyl adjacent to an activating group) is 1. The molecule has 1 heterocycles. The van der Waals surface area contributed by atoms with Crippen LogP contribution in [-0.2, 0) is 6.42 Å². The monoisotopic (exact) mass is 335 g/mol. The van der Waals surface area contributed by atoms with Crippen LogP contribution in [0.1, 0.15) is 15.9 Å². The number of hydrogen-bond donors (Lipinski definition) is 2. The number of aromatic nitrogens is 1. The number of H-pyrrole nitrogens is 1. The Hall–Kier alpha value is -2.92. The van der Waals surface area contributed by atoms with Crippen molar-refractivity contribution < 1.29 is 4.79 Å². The van der Waals surface area contributed by atoms with Gasteiger partial charge in [-0.25, -0.2) is 0 Å². The van der Waals surface area contributed by atoms with E-state index in [-0.39, 0.29) is 11.0 Å². The van der Waals surface area contributed by atoms with Gasteiger partial charge < -0.3 is 15.2 Å². The quantitative estimate of drug-likeness (QED) is 0.753. The molecule has 5 heteroatoms. The van der Waals surface area contributed by atoms with Crippen molar-refractivity contribution in [1.29, 1.82) is 0 Å². The van der Waals surface area contributed by atoms with Crippen LogP contribution in [0.5, 0.6) is 0 Å². The molecule has 0 spiro atoms. The zero-order valence-electron chi connectivity index (χ0n) is 14.4. The summed E-state index contributed by atoms with van der Waals surface area (Å²) in [4.78, 5) is 30.0. The third-order valence-corrected chi connectivity index (χ3v) is 4.09. The molecule has 2 aromatic carbocycles. The lowest BCUT2D eigenvalue weighted by molar-refractivity contribution is 0.102. The molecule has 0 fully saturated rings. The van der Waals surface area contributed by atoms with Crippen LogP contribution in [0.3, 0.4) is 0 Å². The molecule has 0 saturated carbocycles. The first kappa shape index (κ1) is 16.9. The van der Waals surface area contributed by atoms with Crippen LogP contribution < -0.4 is 10.7 Å². The third kappa shape index (κ3) is 3.95. The predicted octanol–water partition coefficient (Wildman–Crippen LogP) is 2.88. The van der Waals surface area contributed by atoms with Gasteiger partial charge in [0.05, 0.1) is 0 Å². The highest BCUT2D eigenvalue weighted by Gasteiger charge is 2.13. The summed E-state index contributed by atoms with van der Waals surface area (Å²) in [6.07, 6.45) is 2.41. The molecule has 0 radical (unpaired) electrons. The SMILES string of the molecule is CN(C)CCc1ccc(NC(=O)c2c[nH]c3ccccc3c2=O)cc1. The fraction of sp³-hybridized carbons (Fsp3) is 0.200. The Bertz CT molecular complexity index is 943. The van der Waals surface area contributed by atoms with Crippen molar-refractivity contribution in [2.24, 2.45) is 0 Å². The average Bonchev–Trinajstić information content (AvgIpc) is 2.61. The van der Waals surface area contributed by atoms with Crippen LogP contribution in [0.2, 0.25) is 0 Å². The second-order valence-electron chi connectivity index (χ2n) is 6.28. The van der Waals surface area contributed by atoms with Gasteiger partial charge in [-0.2, -0.15) is 0 Å². The number of anilines is 1. The number of carbonyl (C=O) groups excluding carboxylic acids is 1. The van der Waals surface area contributed by atoms with Gasteiger partial charge in [-0.05, 0) is 50.3 Å². The van der Waals surface area contributed by atoms with E-state index in [9.17, 15) is 9.59 Å². The predicted molar refractivity (Wildman–Crippen MR) is 101 cm³/mol. The molecule has 0 aliphatic heterocycles. The summed E-state index contributed by atoms with van der Waals surface area (Å²) < 4.78 is 0. The van der Waals surface area contributed by atoms with Crippen LogP contribution in [0, 0.1) is 0 Å². The zero-order chi connectivity index (χ0) is 17.8. The molecule has 0 aliphatic rings. The van der Waals surface area contributed by atoms with Gasteiger partial charge in [-0.3, -0.25) is 9.59 Å². The third-order valence-electron chi connectivity index (χ3n) is 4.09. The van der Waals surface area contributed by atoms with Gasteiger partial charge in [-0.15, -0.1) is 0 Å². The fourth-order valence-corrected chi connectivity index (χ4v) is 2.64. The van der Waals surface area contributed by atoms with E-state index in [1.807, 2.05) is 50.5 Å². The summed E-state index contributed by atoms with van der Waals surface area (Å²) >= 11 is 0. The number of aromatic amines is 1. The number of rotatable bonds is 5. The summed E-state index contributed by atoms with van der Waals surface area (Å²) in [5.41, 5.74) is 2.43. The molecular weight excluding hydrogens is 314 g/mol. The van der Waals surface area contributed by atoms with Crippen LogP contribution in [-0.4, -0.2) is 36.4 Å². The summed E-state index contributed by atoms with van der Waals surface area (Å²) in [6.45, 7) is 0.970. The molecule has 0 atom stereocenters. The number of nitrogens with one attached hydrogen (secondary N) is 2. The van der Waals surface area contributed by atoms with E-state index in [1.54, 1.807) is 12.1 Å². The number of para-hydroxylation sites is 1. The topological polar surface area (TPSA) is 65.2 Å². The van der Waals surface area contributed by atoms with Gasteiger partial charge in [0, 0.05) is 29.3 Å². The van der Waals surface area contributed by atoms with Crippen molar-refractivity contribution in [3.63, 3.8) is 0 Å². The Labute approximate surface area is 146 Å². The summed E-state index contributed by atoms with van der Waals surface area (Å²) in [5.74, 6) is -0.409. The molecule has 3 rings (SSSR count). The van der Waals surface area contributed by atoms with Crippen LogP contribution in [0.15, 0.2) is 59.5 Å². The van der Waals surface area contributed by atoms with Gasteiger partial charge in [0.15, 0.2) is 0 Å². The van der Waals surface area contributed by atoms with Gasteiger partial charge in [0.1, 0.15) is 5.56 Å². The van der Waals surface area contributed by atoms with Crippen molar-refractivity contribution >= 4 is 22.5 Å². The molecule has 0 unspecified atom stereocenters. The largest absolute Gasteiger partial charge is 0.360 e. The van der Waals surface area contributed by atoms with Gasteiger partial charge in [0.2, 0.25) is 5.43 Å². The van der Waals surface area contributed by atoms with Gasteiger partial charge >= 0.3 is 0 Å². The lowest BCUT2D eigenvalue weighted by Gasteiger charge is -2.10. The number of fused-ring (bicyclic) bond motifs is 1. The van der Waals surface area contributed by atoms with E-state index in [4.69, 9.17) is 0 Å². The highest BCUT2D eigenvalue weighted by atomic mass is 16.2. The van der Waals surface area contributed by atoms with E-state index in [2.05, 4.69) is 15.2 Å². The van der Waals surface area contributed by atoms with Gasteiger partial charge in [-0.1, -0.05) is 24.3 Å². The summed E-state index contributed by atoms with van der Waals surface area (Å²) in [7, 11) is 4.07. The highest BCUT2D eigenvalue weighted by molar-refractivity contribution is 6.05. The summed E-state index contributed by atoms with van der Waals surface area (Å²) in [6, 6.07) is 14.8. The first-order valence-corrected chi connectivity index (χ1v) is 8.20. The molecular formula is C20H21N3O2. The summed E-state index contributed by atoms with van der Waals surface area (Å²) in [5, 5.41) is 3.29. The van der Waals surface area contributed by atoms with Crippen LogP contribution in [0.25, 0.3) is 10.9 Å². The minimum absolute atomic E-state index is 0.107. The second-order valence-corrected chi connectivity index (χ2v) is 6.28.